The normalized spacial score (nSPS) is 18.1. The van der Waals surface area contributed by atoms with Gasteiger partial charge in [0.1, 0.15) is 0 Å². The summed E-state index contributed by atoms with van der Waals surface area (Å²) < 4.78 is 35.9. The molecule has 0 bridgehead atoms. The van der Waals surface area contributed by atoms with Crippen molar-refractivity contribution in [3.8, 4) is 0 Å². The average Bonchev–Trinajstić information content (AvgIpc) is 3.08. The summed E-state index contributed by atoms with van der Waals surface area (Å²) in [6, 6.07) is 9.27. The average molecular weight is 245 g/mol. The molecule has 0 aliphatic heterocycles. The smallest absolute Gasteiger partial charge is 0.292 e. The molecule has 1 aliphatic rings. The maximum atomic E-state index is 12.0. The van der Waals surface area contributed by atoms with E-state index in [2.05, 4.69) is 10.3 Å². The zero-order valence-corrected chi connectivity index (χ0v) is 9.20. The van der Waals surface area contributed by atoms with Crippen LogP contribution >= 0.6 is 0 Å². The number of alkyl halides is 3. The summed E-state index contributed by atoms with van der Waals surface area (Å²) >= 11 is 0. The van der Waals surface area contributed by atoms with Gasteiger partial charge in [0, 0.05) is 0 Å². The van der Waals surface area contributed by atoms with Gasteiger partial charge in [-0.3, -0.25) is 4.84 Å². The largest absolute Gasteiger partial charge is 0.413 e. The highest BCUT2D eigenvalue weighted by Crippen LogP contribution is 2.40. The lowest BCUT2D eigenvalue weighted by Crippen LogP contribution is -2.29. The van der Waals surface area contributed by atoms with E-state index in [4.69, 9.17) is 0 Å². The summed E-state index contributed by atoms with van der Waals surface area (Å²) in [7, 11) is 0. The van der Waals surface area contributed by atoms with Crippen molar-refractivity contribution in [2.75, 3.05) is 6.61 Å². The molecule has 0 heterocycles. The minimum absolute atomic E-state index is 0.140. The second kappa shape index (κ2) is 5.06. The topological polar surface area (TPSA) is 21.3 Å². The summed E-state index contributed by atoms with van der Waals surface area (Å²) in [5.41, 5.74) is 3.50. The first-order valence-corrected chi connectivity index (χ1v) is 5.55. The van der Waals surface area contributed by atoms with Crippen molar-refractivity contribution in [2.45, 2.75) is 25.1 Å². The Balaban J connectivity index is 1.90. The highest BCUT2D eigenvalue weighted by Gasteiger charge is 2.34. The van der Waals surface area contributed by atoms with Crippen LogP contribution in [0.2, 0.25) is 0 Å². The van der Waals surface area contributed by atoms with Gasteiger partial charge in [0.15, 0.2) is 6.61 Å². The Morgan fingerprint density at radius 1 is 1.24 bits per heavy atom. The highest BCUT2D eigenvalue weighted by atomic mass is 19.4. The summed E-state index contributed by atoms with van der Waals surface area (Å²) in [4.78, 5) is 4.54. The van der Waals surface area contributed by atoms with Gasteiger partial charge in [0.05, 0.1) is 6.04 Å². The van der Waals surface area contributed by atoms with Crippen LogP contribution in [0, 0.1) is 5.92 Å². The molecule has 0 spiro atoms. The predicted molar refractivity (Wildman–Crippen MR) is 57.0 cm³/mol. The van der Waals surface area contributed by atoms with Gasteiger partial charge in [-0.2, -0.15) is 18.7 Å². The van der Waals surface area contributed by atoms with Gasteiger partial charge in [-0.05, 0) is 24.3 Å². The Hall–Kier alpha value is -1.07. The van der Waals surface area contributed by atoms with Crippen LogP contribution in [-0.2, 0) is 4.84 Å². The molecule has 1 N–H and O–H groups in total. The first-order chi connectivity index (χ1) is 8.06. The molecule has 0 aromatic heterocycles. The Morgan fingerprint density at radius 2 is 1.88 bits per heavy atom. The van der Waals surface area contributed by atoms with Gasteiger partial charge in [-0.15, -0.1) is 0 Å². The molecule has 1 aliphatic carbocycles. The molecule has 2 nitrogen and oxygen atoms in total. The van der Waals surface area contributed by atoms with Gasteiger partial charge in [-0.25, -0.2) is 0 Å². The second-order valence-corrected chi connectivity index (χ2v) is 4.25. The maximum absolute atomic E-state index is 12.0. The quantitative estimate of drug-likeness (QED) is 0.804. The molecule has 1 unspecified atom stereocenters. The molecule has 0 saturated heterocycles. The van der Waals surface area contributed by atoms with Gasteiger partial charge >= 0.3 is 6.18 Å². The number of rotatable bonds is 5. The fourth-order valence-corrected chi connectivity index (χ4v) is 1.74. The monoisotopic (exact) mass is 245 g/mol. The second-order valence-electron chi connectivity index (χ2n) is 4.25. The van der Waals surface area contributed by atoms with Gasteiger partial charge in [-0.1, -0.05) is 30.3 Å². The third-order valence-electron chi connectivity index (χ3n) is 2.70. The molecule has 0 amide bonds. The van der Waals surface area contributed by atoms with Crippen LogP contribution in [0.15, 0.2) is 30.3 Å². The number of hydrogen-bond acceptors (Lipinski definition) is 2. The van der Waals surface area contributed by atoms with Crippen molar-refractivity contribution < 1.29 is 18.0 Å². The van der Waals surface area contributed by atoms with Crippen LogP contribution < -0.4 is 5.48 Å². The molecule has 1 fully saturated rings. The van der Waals surface area contributed by atoms with Crippen LogP contribution in [0.1, 0.15) is 24.4 Å². The fraction of sp³-hybridized carbons (Fsp3) is 0.500. The molecule has 94 valence electrons. The number of benzene rings is 1. The predicted octanol–water partition coefficient (Wildman–Crippen LogP) is 3.22. The Kier molecular flexibility index (Phi) is 3.69. The van der Waals surface area contributed by atoms with E-state index in [-0.39, 0.29) is 6.04 Å². The van der Waals surface area contributed by atoms with Crippen LogP contribution in [0.3, 0.4) is 0 Å². The van der Waals surface area contributed by atoms with Crippen LogP contribution in [0.5, 0.6) is 0 Å². The van der Waals surface area contributed by atoms with Crippen LogP contribution in [-0.4, -0.2) is 12.8 Å². The third-order valence-corrected chi connectivity index (χ3v) is 2.70. The lowest BCUT2D eigenvalue weighted by molar-refractivity contribution is -0.194. The van der Waals surface area contributed by atoms with Crippen molar-refractivity contribution in [3.63, 3.8) is 0 Å². The standard InChI is InChI=1S/C12H14F3NO/c13-12(14,15)8-17-16-11(10-6-7-10)9-4-2-1-3-5-9/h1-5,10-11,16H,6-8H2. The molecule has 5 heteroatoms. The Morgan fingerprint density at radius 3 is 2.41 bits per heavy atom. The molecular weight excluding hydrogens is 231 g/mol. The van der Waals surface area contributed by atoms with E-state index in [9.17, 15) is 13.2 Å². The summed E-state index contributed by atoms with van der Waals surface area (Å²) in [6.07, 6.45) is -2.23. The van der Waals surface area contributed by atoms with E-state index in [0.717, 1.165) is 18.4 Å². The highest BCUT2D eigenvalue weighted by molar-refractivity contribution is 5.20. The van der Waals surface area contributed by atoms with Crippen molar-refractivity contribution in [1.29, 1.82) is 0 Å². The third kappa shape index (κ3) is 4.02. The molecule has 2 rings (SSSR count). The molecule has 0 radical (unpaired) electrons. The van der Waals surface area contributed by atoms with E-state index in [1.807, 2.05) is 30.3 Å². The fourth-order valence-electron chi connectivity index (χ4n) is 1.74. The number of hydroxylamine groups is 1. The van der Waals surface area contributed by atoms with E-state index >= 15 is 0 Å². The number of nitrogens with one attached hydrogen (secondary N) is 1. The van der Waals surface area contributed by atoms with Crippen LogP contribution in [0.25, 0.3) is 0 Å². The molecule has 1 saturated carbocycles. The zero-order chi connectivity index (χ0) is 12.3. The van der Waals surface area contributed by atoms with E-state index < -0.39 is 12.8 Å². The minimum atomic E-state index is -4.29. The number of hydrogen-bond donors (Lipinski definition) is 1. The Labute approximate surface area is 97.7 Å². The first-order valence-electron chi connectivity index (χ1n) is 5.55. The molecular formula is C12H14F3NO. The van der Waals surface area contributed by atoms with Gasteiger partial charge < -0.3 is 0 Å². The van der Waals surface area contributed by atoms with E-state index in [1.165, 1.54) is 0 Å². The zero-order valence-electron chi connectivity index (χ0n) is 9.20. The van der Waals surface area contributed by atoms with Crippen LogP contribution in [0.4, 0.5) is 13.2 Å². The minimum Gasteiger partial charge on any atom is -0.292 e. The van der Waals surface area contributed by atoms with Crippen molar-refractivity contribution in [3.05, 3.63) is 35.9 Å². The molecule has 1 atom stereocenters. The maximum Gasteiger partial charge on any atom is 0.413 e. The Bertz CT molecular complexity index is 349. The van der Waals surface area contributed by atoms with Gasteiger partial charge in [0.25, 0.3) is 0 Å². The molecule has 1 aromatic carbocycles. The summed E-state index contributed by atoms with van der Waals surface area (Å²) in [6.45, 7) is -1.26. The lowest BCUT2D eigenvalue weighted by Gasteiger charge is -2.19. The van der Waals surface area contributed by atoms with Crippen molar-refractivity contribution in [2.24, 2.45) is 5.92 Å². The van der Waals surface area contributed by atoms with E-state index in [0.29, 0.717) is 5.92 Å². The van der Waals surface area contributed by atoms with Crippen molar-refractivity contribution in [1.82, 2.24) is 5.48 Å². The first kappa shape index (κ1) is 12.4. The summed E-state index contributed by atoms with van der Waals surface area (Å²) in [5.74, 6) is 0.380. The van der Waals surface area contributed by atoms with Gasteiger partial charge in [0.2, 0.25) is 0 Å². The SMILES string of the molecule is FC(F)(F)CONC(c1ccccc1)C1CC1. The van der Waals surface area contributed by atoms with E-state index in [1.54, 1.807) is 0 Å². The molecule has 1 aromatic rings. The lowest BCUT2D eigenvalue weighted by atomic mass is 10.0. The number of halogens is 3. The molecule has 17 heavy (non-hydrogen) atoms. The summed E-state index contributed by atoms with van der Waals surface area (Å²) in [5, 5.41) is 0. The van der Waals surface area contributed by atoms with Crippen molar-refractivity contribution >= 4 is 0 Å².